The molecule has 0 amide bonds. The molecule has 1 atom stereocenters. The number of benzene rings is 1. The zero-order chi connectivity index (χ0) is 13.7. The molecule has 102 valence electrons. The van der Waals surface area contributed by atoms with Crippen molar-refractivity contribution in [2.24, 2.45) is 0 Å². The van der Waals surface area contributed by atoms with Crippen LogP contribution < -0.4 is 5.32 Å². The molecule has 0 radical (unpaired) electrons. The highest BCUT2D eigenvalue weighted by molar-refractivity contribution is 5.29. The maximum atomic E-state index is 13.1. The molecule has 2 rings (SSSR count). The van der Waals surface area contributed by atoms with Gasteiger partial charge in [0, 0.05) is 11.6 Å². The Balaban J connectivity index is 2.15. The molecular weight excluding hydrogens is 241 g/mol. The lowest BCUT2D eigenvalue weighted by molar-refractivity contribution is 0.511. The lowest BCUT2D eigenvalue weighted by Crippen LogP contribution is -2.24. The van der Waals surface area contributed by atoms with Crippen LogP contribution in [0.4, 0.5) is 4.39 Å². The quantitative estimate of drug-likeness (QED) is 0.850. The van der Waals surface area contributed by atoms with Gasteiger partial charge >= 0.3 is 0 Å². The second kappa shape index (κ2) is 6.53. The van der Waals surface area contributed by atoms with Crippen LogP contribution in [0.25, 0.3) is 0 Å². The van der Waals surface area contributed by atoms with Crippen molar-refractivity contribution >= 4 is 0 Å². The van der Waals surface area contributed by atoms with Crippen molar-refractivity contribution in [3.05, 3.63) is 59.3 Å². The van der Waals surface area contributed by atoms with Gasteiger partial charge < -0.3 is 9.73 Å². The normalized spacial score (nSPS) is 12.6. The molecule has 0 spiro atoms. The molecule has 1 heterocycles. The summed E-state index contributed by atoms with van der Waals surface area (Å²) in [5, 5.41) is 3.51. The summed E-state index contributed by atoms with van der Waals surface area (Å²) in [5.74, 6) is -0.178. The Morgan fingerprint density at radius 1 is 1.32 bits per heavy atom. The molecule has 1 aromatic heterocycles. The SMILES string of the molecule is CCCNC(Cc1ccc(F)cc1C)c1ccoc1. The molecule has 0 saturated carbocycles. The minimum atomic E-state index is -0.178. The fraction of sp³-hybridized carbons (Fsp3) is 0.375. The Hall–Kier alpha value is -1.61. The van der Waals surface area contributed by atoms with E-state index in [2.05, 4.69) is 12.2 Å². The van der Waals surface area contributed by atoms with Gasteiger partial charge in [-0.1, -0.05) is 13.0 Å². The maximum Gasteiger partial charge on any atom is 0.123 e. The molecular formula is C16H20FNO. The minimum absolute atomic E-state index is 0.178. The maximum absolute atomic E-state index is 13.1. The van der Waals surface area contributed by atoms with Crippen LogP contribution in [0.15, 0.2) is 41.2 Å². The smallest absolute Gasteiger partial charge is 0.123 e. The van der Waals surface area contributed by atoms with E-state index >= 15 is 0 Å². The van der Waals surface area contributed by atoms with Crippen molar-refractivity contribution in [3.8, 4) is 0 Å². The Labute approximate surface area is 113 Å². The summed E-state index contributed by atoms with van der Waals surface area (Å²) in [6, 6.07) is 7.16. The van der Waals surface area contributed by atoms with Crippen LogP contribution >= 0.6 is 0 Å². The lowest BCUT2D eigenvalue weighted by atomic mass is 9.97. The molecule has 0 fully saturated rings. The standard InChI is InChI=1S/C16H20FNO/c1-3-7-18-16(14-6-8-19-11-14)10-13-4-5-15(17)9-12(13)2/h4-6,8-9,11,16,18H,3,7,10H2,1-2H3. The van der Waals surface area contributed by atoms with Gasteiger partial charge in [-0.15, -0.1) is 0 Å². The summed E-state index contributed by atoms with van der Waals surface area (Å²) in [5.41, 5.74) is 3.29. The van der Waals surface area contributed by atoms with E-state index in [-0.39, 0.29) is 11.9 Å². The van der Waals surface area contributed by atoms with Crippen LogP contribution in [0.5, 0.6) is 0 Å². The van der Waals surface area contributed by atoms with E-state index in [0.29, 0.717) is 0 Å². The number of nitrogens with one attached hydrogen (secondary N) is 1. The molecule has 1 unspecified atom stereocenters. The summed E-state index contributed by atoms with van der Waals surface area (Å²) >= 11 is 0. The van der Waals surface area contributed by atoms with Gasteiger partial charge in [-0.3, -0.25) is 0 Å². The molecule has 0 saturated heterocycles. The Morgan fingerprint density at radius 2 is 2.16 bits per heavy atom. The van der Waals surface area contributed by atoms with Gasteiger partial charge in [0.15, 0.2) is 0 Å². The predicted molar refractivity (Wildman–Crippen MR) is 74.6 cm³/mol. The van der Waals surface area contributed by atoms with Crippen LogP contribution in [-0.2, 0) is 6.42 Å². The third kappa shape index (κ3) is 3.67. The van der Waals surface area contributed by atoms with Crippen molar-refractivity contribution in [1.29, 1.82) is 0 Å². The third-order valence-electron chi connectivity index (χ3n) is 3.31. The van der Waals surface area contributed by atoms with E-state index in [1.807, 2.05) is 19.1 Å². The highest BCUT2D eigenvalue weighted by Crippen LogP contribution is 2.21. The Morgan fingerprint density at radius 3 is 2.79 bits per heavy atom. The van der Waals surface area contributed by atoms with E-state index < -0.39 is 0 Å². The van der Waals surface area contributed by atoms with Gasteiger partial charge in [-0.2, -0.15) is 0 Å². The zero-order valence-electron chi connectivity index (χ0n) is 11.4. The average Bonchev–Trinajstić information content (AvgIpc) is 2.90. The first-order valence-corrected chi connectivity index (χ1v) is 6.71. The van der Waals surface area contributed by atoms with Gasteiger partial charge in [0.1, 0.15) is 5.82 Å². The average molecular weight is 261 g/mol. The van der Waals surface area contributed by atoms with E-state index in [0.717, 1.165) is 36.1 Å². The highest BCUT2D eigenvalue weighted by atomic mass is 19.1. The Kier molecular flexibility index (Phi) is 4.74. The van der Waals surface area contributed by atoms with Crippen LogP contribution in [0.1, 0.15) is 36.1 Å². The molecule has 3 heteroatoms. The largest absolute Gasteiger partial charge is 0.472 e. The van der Waals surface area contributed by atoms with Gasteiger partial charge in [-0.05, 0) is 55.6 Å². The Bertz CT molecular complexity index is 507. The second-order valence-electron chi connectivity index (χ2n) is 4.84. The third-order valence-corrected chi connectivity index (χ3v) is 3.31. The van der Waals surface area contributed by atoms with E-state index in [4.69, 9.17) is 4.42 Å². The summed E-state index contributed by atoms with van der Waals surface area (Å²) in [6.07, 6.45) is 5.38. The van der Waals surface area contributed by atoms with Gasteiger partial charge in [0.2, 0.25) is 0 Å². The summed E-state index contributed by atoms with van der Waals surface area (Å²) in [7, 11) is 0. The molecule has 0 aliphatic rings. The lowest BCUT2D eigenvalue weighted by Gasteiger charge is -2.18. The predicted octanol–water partition coefficient (Wildman–Crippen LogP) is 4.01. The molecule has 1 N–H and O–H groups in total. The van der Waals surface area contributed by atoms with Crippen molar-refractivity contribution in [1.82, 2.24) is 5.32 Å². The van der Waals surface area contributed by atoms with Crippen molar-refractivity contribution in [2.75, 3.05) is 6.54 Å². The first-order chi connectivity index (χ1) is 9.20. The molecule has 1 aromatic carbocycles. The van der Waals surface area contributed by atoms with E-state index in [1.165, 1.54) is 6.07 Å². The molecule has 2 aromatic rings. The fourth-order valence-corrected chi connectivity index (χ4v) is 2.21. The van der Waals surface area contributed by atoms with E-state index in [1.54, 1.807) is 18.6 Å². The fourth-order valence-electron chi connectivity index (χ4n) is 2.21. The van der Waals surface area contributed by atoms with Crippen LogP contribution in [0.3, 0.4) is 0 Å². The van der Waals surface area contributed by atoms with Crippen LogP contribution in [-0.4, -0.2) is 6.54 Å². The number of furan rings is 1. The van der Waals surface area contributed by atoms with Gasteiger partial charge in [0.05, 0.1) is 12.5 Å². The number of hydrogen-bond acceptors (Lipinski definition) is 2. The molecule has 2 nitrogen and oxygen atoms in total. The first-order valence-electron chi connectivity index (χ1n) is 6.71. The van der Waals surface area contributed by atoms with Crippen LogP contribution in [0.2, 0.25) is 0 Å². The number of rotatable bonds is 6. The monoisotopic (exact) mass is 261 g/mol. The minimum Gasteiger partial charge on any atom is -0.472 e. The highest BCUT2D eigenvalue weighted by Gasteiger charge is 2.14. The number of aryl methyl sites for hydroxylation is 1. The summed E-state index contributed by atoms with van der Waals surface area (Å²) < 4.78 is 18.3. The topological polar surface area (TPSA) is 25.2 Å². The molecule has 0 aliphatic carbocycles. The number of hydrogen-bond donors (Lipinski definition) is 1. The zero-order valence-corrected chi connectivity index (χ0v) is 11.4. The molecule has 19 heavy (non-hydrogen) atoms. The van der Waals surface area contributed by atoms with Gasteiger partial charge in [0.25, 0.3) is 0 Å². The van der Waals surface area contributed by atoms with Gasteiger partial charge in [-0.25, -0.2) is 4.39 Å². The van der Waals surface area contributed by atoms with Crippen molar-refractivity contribution < 1.29 is 8.81 Å². The molecule has 0 aliphatic heterocycles. The van der Waals surface area contributed by atoms with Crippen molar-refractivity contribution in [2.45, 2.75) is 32.7 Å². The summed E-state index contributed by atoms with van der Waals surface area (Å²) in [6.45, 7) is 5.04. The summed E-state index contributed by atoms with van der Waals surface area (Å²) in [4.78, 5) is 0. The first kappa shape index (κ1) is 13.8. The second-order valence-corrected chi connectivity index (χ2v) is 4.84. The molecule has 0 bridgehead atoms. The van der Waals surface area contributed by atoms with Crippen LogP contribution in [0, 0.1) is 12.7 Å². The number of halogens is 1. The van der Waals surface area contributed by atoms with E-state index in [9.17, 15) is 4.39 Å². The van der Waals surface area contributed by atoms with Crippen molar-refractivity contribution in [3.63, 3.8) is 0 Å².